The summed E-state index contributed by atoms with van der Waals surface area (Å²) >= 11 is 0. The first-order valence-electron chi connectivity index (χ1n) is 5.88. The number of carbonyl (C=O) groups excluding carboxylic acids is 1. The molecule has 0 aromatic heterocycles. The van der Waals surface area contributed by atoms with E-state index in [0.29, 0.717) is 5.92 Å². The maximum absolute atomic E-state index is 11.7. The topological polar surface area (TPSA) is 66.4 Å². The number of hydrogen-bond acceptors (Lipinski definition) is 2. The average molecular weight is 245 g/mol. The van der Waals surface area contributed by atoms with Crippen LogP contribution in [0.3, 0.4) is 0 Å². The van der Waals surface area contributed by atoms with Gasteiger partial charge in [-0.25, -0.2) is 4.79 Å². The van der Waals surface area contributed by atoms with Crippen LogP contribution in [0.15, 0.2) is 30.3 Å². The standard InChI is InChI=1S/C14H15NO3/c1-9-8-12(9)14(18)15-11-5-2-10(3-6-11)4-7-13(16)17/h2-7,9,12H,8H2,1H3,(H,15,18)(H,16,17)/b7-4+. The Morgan fingerprint density at radius 3 is 2.44 bits per heavy atom. The molecule has 94 valence electrons. The van der Waals surface area contributed by atoms with E-state index in [1.165, 1.54) is 6.08 Å². The van der Waals surface area contributed by atoms with E-state index < -0.39 is 5.97 Å². The summed E-state index contributed by atoms with van der Waals surface area (Å²) in [7, 11) is 0. The zero-order valence-electron chi connectivity index (χ0n) is 10.1. The Kier molecular flexibility index (Phi) is 3.46. The van der Waals surface area contributed by atoms with Gasteiger partial charge in [0, 0.05) is 17.7 Å². The number of anilines is 1. The first-order valence-corrected chi connectivity index (χ1v) is 5.88. The van der Waals surface area contributed by atoms with Crippen LogP contribution in [0.5, 0.6) is 0 Å². The lowest BCUT2D eigenvalue weighted by molar-refractivity contribution is -0.131. The zero-order valence-corrected chi connectivity index (χ0v) is 10.1. The van der Waals surface area contributed by atoms with Crippen molar-refractivity contribution in [1.82, 2.24) is 0 Å². The maximum atomic E-state index is 11.7. The van der Waals surface area contributed by atoms with Crippen LogP contribution in [0.25, 0.3) is 6.08 Å². The number of carboxylic acid groups (broad SMARTS) is 1. The summed E-state index contributed by atoms with van der Waals surface area (Å²) in [4.78, 5) is 22.0. The third kappa shape index (κ3) is 3.20. The van der Waals surface area contributed by atoms with Gasteiger partial charge < -0.3 is 10.4 Å². The largest absolute Gasteiger partial charge is 0.478 e. The maximum Gasteiger partial charge on any atom is 0.328 e. The van der Waals surface area contributed by atoms with Gasteiger partial charge in [0.15, 0.2) is 0 Å². The highest BCUT2D eigenvalue weighted by Gasteiger charge is 2.38. The predicted octanol–water partition coefficient (Wildman–Crippen LogP) is 2.38. The van der Waals surface area contributed by atoms with Gasteiger partial charge in [-0.2, -0.15) is 0 Å². The van der Waals surface area contributed by atoms with Gasteiger partial charge in [0.25, 0.3) is 0 Å². The normalized spacial score (nSPS) is 21.8. The first-order chi connectivity index (χ1) is 8.56. The van der Waals surface area contributed by atoms with Crippen LogP contribution >= 0.6 is 0 Å². The fourth-order valence-electron chi connectivity index (χ4n) is 1.77. The molecule has 0 radical (unpaired) electrons. The van der Waals surface area contributed by atoms with Gasteiger partial charge in [-0.05, 0) is 36.1 Å². The van der Waals surface area contributed by atoms with E-state index in [4.69, 9.17) is 5.11 Å². The summed E-state index contributed by atoms with van der Waals surface area (Å²) in [5.74, 6) is -0.272. The van der Waals surface area contributed by atoms with Crippen LogP contribution in [0.1, 0.15) is 18.9 Å². The monoisotopic (exact) mass is 245 g/mol. The van der Waals surface area contributed by atoms with Crippen molar-refractivity contribution in [3.63, 3.8) is 0 Å². The van der Waals surface area contributed by atoms with Gasteiger partial charge in [0.2, 0.25) is 5.91 Å². The van der Waals surface area contributed by atoms with Crippen molar-refractivity contribution in [1.29, 1.82) is 0 Å². The van der Waals surface area contributed by atoms with Crippen LogP contribution in [-0.4, -0.2) is 17.0 Å². The molecule has 0 bridgehead atoms. The third-order valence-electron chi connectivity index (χ3n) is 3.04. The molecule has 1 aliphatic rings. The van der Waals surface area contributed by atoms with E-state index in [-0.39, 0.29) is 11.8 Å². The highest BCUT2D eigenvalue weighted by Crippen LogP contribution is 2.38. The van der Waals surface area contributed by atoms with E-state index in [1.807, 2.05) is 0 Å². The van der Waals surface area contributed by atoms with Crippen molar-refractivity contribution < 1.29 is 14.7 Å². The van der Waals surface area contributed by atoms with Gasteiger partial charge in [-0.3, -0.25) is 4.79 Å². The molecule has 2 atom stereocenters. The molecule has 2 N–H and O–H groups in total. The van der Waals surface area contributed by atoms with Crippen molar-refractivity contribution in [2.75, 3.05) is 5.32 Å². The summed E-state index contributed by atoms with van der Waals surface area (Å²) < 4.78 is 0. The molecule has 1 aliphatic carbocycles. The number of carboxylic acids is 1. The predicted molar refractivity (Wildman–Crippen MR) is 69.0 cm³/mol. The number of carbonyl (C=O) groups is 2. The third-order valence-corrected chi connectivity index (χ3v) is 3.04. The summed E-state index contributed by atoms with van der Waals surface area (Å²) in [6, 6.07) is 7.08. The molecule has 0 saturated heterocycles. The average Bonchev–Trinajstić information content (AvgIpc) is 3.05. The summed E-state index contributed by atoms with van der Waals surface area (Å²) in [5.41, 5.74) is 1.53. The van der Waals surface area contributed by atoms with Crippen molar-refractivity contribution in [2.45, 2.75) is 13.3 Å². The fraction of sp³-hybridized carbons (Fsp3) is 0.286. The molecule has 0 heterocycles. The Balaban J connectivity index is 1.95. The van der Waals surface area contributed by atoms with E-state index >= 15 is 0 Å². The molecule has 0 aliphatic heterocycles. The van der Waals surface area contributed by atoms with Crippen LogP contribution in [0, 0.1) is 11.8 Å². The molecule has 1 saturated carbocycles. The minimum atomic E-state index is -0.977. The molecule has 1 amide bonds. The first kappa shape index (κ1) is 12.4. The molecule has 4 heteroatoms. The zero-order chi connectivity index (χ0) is 13.1. The Morgan fingerprint density at radius 2 is 1.94 bits per heavy atom. The van der Waals surface area contributed by atoms with E-state index in [9.17, 15) is 9.59 Å². The molecule has 2 rings (SSSR count). The Bertz CT molecular complexity index is 490. The molecular weight excluding hydrogens is 230 g/mol. The highest BCUT2D eigenvalue weighted by atomic mass is 16.4. The summed E-state index contributed by atoms with van der Waals surface area (Å²) in [5, 5.41) is 11.3. The Morgan fingerprint density at radius 1 is 1.33 bits per heavy atom. The quantitative estimate of drug-likeness (QED) is 0.800. The minimum absolute atomic E-state index is 0.0660. The molecule has 0 spiro atoms. The lowest BCUT2D eigenvalue weighted by Crippen LogP contribution is -2.14. The van der Waals surface area contributed by atoms with E-state index in [0.717, 1.165) is 23.7 Å². The summed E-state index contributed by atoms with van der Waals surface area (Å²) in [6.07, 6.45) is 3.56. The van der Waals surface area contributed by atoms with Crippen LogP contribution < -0.4 is 5.32 Å². The highest BCUT2D eigenvalue weighted by molar-refractivity contribution is 5.94. The van der Waals surface area contributed by atoms with Crippen molar-refractivity contribution in [3.05, 3.63) is 35.9 Å². The van der Waals surface area contributed by atoms with Crippen LogP contribution in [0.2, 0.25) is 0 Å². The van der Waals surface area contributed by atoms with E-state index in [2.05, 4.69) is 12.2 Å². The molecule has 1 fully saturated rings. The molecule has 1 aromatic carbocycles. The second kappa shape index (κ2) is 5.04. The van der Waals surface area contributed by atoms with Crippen molar-refractivity contribution >= 4 is 23.6 Å². The second-order valence-corrected chi connectivity index (χ2v) is 4.60. The van der Waals surface area contributed by atoms with Crippen LogP contribution in [0.4, 0.5) is 5.69 Å². The minimum Gasteiger partial charge on any atom is -0.478 e. The van der Waals surface area contributed by atoms with Crippen molar-refractivity contribution in [2.24, 2.45) is 11.8 Å². The number of rotatable bonds is 4. The number of hydrogen-bond donors (Lipinski definition) is 2. The molecular formula is C14H15NO3. The van der Waals surface area contributed by atoms with Gasteiger partial charge >= 0.3 is 5.97 Å². The number of aliphatic carboxylic acids is 1. The van der Waals surface area contributed by atoms with E-state index in [1.54, 1.807) is 24.3 Å². The van der Waals surface area contributed by atoms with Crippen molar-refractivity contribution in [3.8, 4) is 0 Å². The molecule has 4 nitrogen and oxygen atoms in total. The van der Waals surface area contributed by atoms with Crippen LogP contribution in [-0.2, 0) is 9.59 Å². The summed E-state index contributed by atoms with van der Waals surface area (Å²) in [6.45, 7) is 2.06. The van der Waals surface area contributed by atoms with Gasteiger partial charge in [0.1, 0.15) is 0 Å². The molecule has 18 heavy (non-hydrogen) atoms. The fourth-order valence-corrected chi connectivity index (χ4v) is 1.77. The molecule has 1 aromatic rings. The smallest absolute Gasteiger partial charge is 0.328 e. The number of amides is 1. The number of nitrogens with one attached hydrogen (secondary N) is 1. The lowest BCUT2D eigenvalue weighted by atomic mass is 10.2. The number of benzene rings is 1. The van der Waals surface area contributed by atoms with Gasteiger partial charge in [0.05, 0.1) is 0 Å². The Hall–Kier alpha value is -2.10. The van der Waals surface area contributed by atoms with Gasteiger partial charge in [-0.1, -0.05) is 19.1 Å². The molecule has 2 unspecified atom stereocenters. The Labute approximate surface area is 105 Å². The lowest BCUT2D eigenvalue weighted by Gasteiger charge is -2.04. The van der Waals surface area contributed by atoms with Gasteiger partial charge in [-0.15, -0.1) is 0 Å². The SMILES string of the molecule is CC1CC1C(=O)Nc1ccc(/C=C/C(=O)O)cc1. The second-order valence-electron chi connectivity index (χ2n) is 4.60.